The molecule has 2 aliphatic rings. The molecule has 0 aliphatic carbocycles. The van der Waals surface area contributed by atoms with E-state index in [9.17, 15) is 14.7 Å². The average Bonchev–Trinajstić information content (AvgIpc) is 2.58. The van der Waals surface area contributed by atoms with E-state index in [-0.39, 0.29) is 17.9 Å². The molecule has 2 saturated heterocycles. The summed E-state index contributed by atoms with van der Waals surface area (Å²) in [6.07, 6.45) is 3.55. The van der Waals surface area contributed by atoms with Gasteiger partial charge in [0, 0.05) is 32.1 Å². The number of amides is 2. The van der Waals surface area contributed by atoms with Crippen molar-refractivity contribution >= 4 is 11.8 Å². The number of fused-ring (bicyclic) bond motifs is 2. The Balaban J connectivity index is 1.70. The average molecular weight is 269 g/mol. The van der Waals surface area contributed by atoms with E-state index < -0.39 is 0 Å². The summed E-state index contributed by atoms with van der Waals surface area (Å²) in [4.78, 5) is 24.7. The summed E-state index contributed by atoms with van der Waals surface area (Å²) in [6.45, 7) is 2.79. The number of piperidine rings is 1. The zero-order chi connectivity index (χ0) is 13.8. The standard InChI is InChI=1S/C13H23N3O3/c1-9(17)14-4-5-15-13(19)8-16-10-2-3-11(16)7-12(18)6-10/h10-12,18H,2-8H2,1H3,(H,14,17)(H,15,19). The zero-order valence-electron chi connectivity index (χ0n) is 11.4. The van der Waals surface area contributed by atoms with Gasteiger partial charge >= 0.3 is 0 Å². The number of carbonyl (C=O) groups excluding carboxylic acids is 2. The molecule has 0 radical (unpaired) electrons. The third-order valence-corrected chi connectivity index (χ3v) is 4.01. The van der Waals surface area contributed by atoms with Crippen molar-refractivity contribution in [2.75, 3.05) is 19.6 Å². The topological polar surface area (TPSA) is 81.7 Å². The predicted octanol–water partition coefficient (Wildman–Crippen LogP) is -0.774. The van der Waals surface area contributed by atoms with Crippen LogP contribution in [0.5, 0.6) is 0 Å². The molecule has 0 spiro atoms. The van der Waals surface area contributed by atoms with Crippen LogP contribution >= 0.6 is 0 Å². The van der Waals surface area contributed by atoms with Crippen LogP contribution in [0.2, 0.25) is 0 Å². The third kappa shape index (κ3) is 3.91. The highest BCUT2D eigenvalue weighted by Crippen LogP contribution is 2.35. The molecule has 6 heteroatoms. The predicted molar refractivity (Wildman–Crippen MR) is 70.5 cm³/mol. The number of aliphatic hydroxyl groups is 1. The summed E-state index contributed by atoms with van der Waals surface area (Å²) in [6, 6.07) is 0.713. The van der Waals surface area contributed by atoms with E-state index in [4.69, 9.17) is 0 Å². The van der Waals surface area contributed by atoms with Crippen LogP contribution in [0, 0.1) is 0 Å². The molecule has 2 amide bonds. The Hall–Kier alpha value is -1.14. The molecule has 0 saturated carbocycles. The van der Waals surface area contributed by atoms with E-state index in [1.807, 2.05) is 0 Å². The Morgan fingerprint density at radius 1 is 1.16 bits per heavy atom. The fourth-order valence-corrected chi connectivity index (χ4v) is 3.17. The van der Waals surface area contributed by atoms with Gasteiger partial charge in [0.2, 0.25) is 11.8 Å². The lowest BCUT2D eigenvalue weighted by molar-refractivity contribution is -0.124. The lowest BCUT2D eigenvalue weighted by atomic mass is 10.00. The van der Waals surface area contributed by atoms with Gasteiger partial charge in [0.25, 0.3) is 0 Å². The second kappa shape index (κ2) is 6.34. The fraction of sp³-hybridized carbons (Fsp3) is 0.846. The van der Waals surface area contributed by atoms with Gasteiger partial charge in [0.15, 0.2) is 0 Å². The summed E-state index contributed by atoms with van der Waals surface area (Å²) in [7, 11) is 0. The monoisotopic (exact) mass is 269 g/mol. The van der Waals surface area contributed by atoms with E-state index in [0.29, 0.717) is 31.7 Å². The molecular formula is C13H23N3O3. The highest BCUT2D eigenvalue weighted by atomic mass is 16.3. The number of carbonyl (C=O) groups is 2. The molecular weight excluding hydrogens is 246 g/mol. The van der Waals surface area contributed by atoms with E-state index in [0.717, 1.165) is 25.7 Å². The number of hydrogen-bond acceptors (Lipinski definition) is 4. The molecule has 2 rings (SSSR count). The van der Waals surface area contributed by atoms with Crippen LogP contribution in [0.4, 0.5) is 0 Å². The Labute approximate surface area is 113 Å². The molecule has 0 aromatic heterocycles. The minimum atomic E-state index is -0.198. The van der Waals surface area contributed by atoms with Gasteiger partial charge in [-0.1, -0.05) is 0 Å². The Morgan fingerprint density at radius 3 is 2.32 bits per heavy atom. The molecule has 2 fully saturated rings. The number of nitrogens with one attached hydrogen (secondary N) is 2. The first-order chi connectivity index (χ1) is 9.06. The molecule has 2 aliphatic heterocycles. The Kier molecular flexibility index (Phi) is 4.76. The van der Waals surface area contributed by atoms with Crippen LogP contribution in [0.3, 0.4) is 0 Å². The van der Waals surface area contributed by atoms with Gasteiger partial charge in [-0.2, -0.15) is 0 Å². The van der Waals surface area contributed by atoms with Crippen molar-refractivity contribution in [2.45, 2.75) is 50.8 Å². The first-order valence-corrected chi connectivity index (χ1v) is 7.01. The van der Waals surface area contributed by atoms with Gasteiger partial charge in [-0.05, 0) is 25.7 Å². The molecule has 19 heavy (non-hydrogen) atoms. The SMILES string of the molecule is CC(=O)NCCNC(=O)CN1C2CCC1CC(O)C2. The van der Waals surface area contributed by atoms with Gasteiger partial charge in [0.1, 0.15) is 0 Å². The summed E-state index contributed by atoms with van der Waals surface area (Å²) in [5, 5.41) is 15.1. The normalized spacial score (nSPS) is 30.1. The highest BCUT2D eigenvalue weighted by molar-refractivity contribution is 5.78. The minimum absolute atomic E-state index is 0.00126. The van der Waals surface area contributed by atoms with Gasteiger partial charge in [-0.25, -0.2) is 0 Å². The van der Waals surface area contributed by atoms with E-state index in [2.05, 4.69) is 15.5 Å². The van der Waals surface area contributed by atoms with Gasteiger partial charge in [0.05, 0.1) is 12.6 Å². The molecule has 0 aromatic carbocycles. The maximum Gasteiger partial charge on any atom is 0.234 e. The molecule has 0 aromatic rings. The maximum atomic E-state index is 11.8. The van der Waals surface area contributed by atoms with Crippen molar-refractivity contribution in [1.82, 2.24) is 15.5 Å². The highest BCUT2D eigenvalue weighted by Gasteiger charge is 2.40. The molecule has 2 unspecified atom stereocenters. The first kappa shape index (κ1) is 14.3. The summed E-state index contributed by atoms with van der Waals surface area (Å²) >= 11 is 0. The van der Waals surface area contributed by atoms with Crippen molar-refractivity contribution in [3.8, 4) is 0 Å². The lowest BCUT2D eigenvalue weighted by Gasteiger charge is -2.36. The van der Waals surface area contributed by atoms with Crippen LogP contribution in [-0.2, 0) is 9.59 Å². The molecule has 2 bridgehead atoms. The van der Waals surface area contributed by atoms with Crippen molar-refractivity contribution in [1.29, 1.82) is 0 Å². The smallest absolute Gasteiger partial charge is 0.234 e. The molecule has 3 N–H and O–H groups in total. The van der Waals surface area contributed by atoms with E-state index in [1.54, 1.807) is 0 Å². The fourth-order valence-electron chi connectivity index (χ4n) is 3.17. The van der Waals surface area contributed by atoms with Crippen LogP contribution < -0.4 is 10.6 Å². The number of hydrogen-bond donors (Lipinski definition) is 3. The van der Waals surface area contributed by atoms with Gasteiger partial charge in [-0.3, -0.25) is 14.5 Å². The quantitative estimate of drug-likeness (QED) is 0.572. The van der Waals surface area contributed by atoms with E-state index in [1.165, 1.54) is 6.92 Å². The summed E-state index contributed by atoms with van der Waals surface area (Å²) in [5.41, 5.74) is 0. The van der Waals surface area contributed by atoms with Crippen molar-refractivity contribution in [3.63, 3.8) is 0 Å². The van der Waals surface area contributed by atoms with Crippen molar-refractivity contribution < 1.29 is 14.7 Å². The molecule has 6 nitrogen and oxygen atoms in total. The van der Waals surface area contributed by atoms with Crippen molar-refractivity contribution in [3.05, 3.63) is 0 Å². The Morgan fingerprint density at radius 2 is 1.74 bits per heavy atom. The second-order valence-electron chi connectivity index (χ2n) is 5.52. The number of nitrogens with zero attached hydrogens (tertiary/aromatic N) is 1. The lowest BCUT2D eigenvalue weighted by Crippen LogP contribution is -2.49. The van der Waals surface area contributed by atoms with Crippen molar-refractivity contribution in [2.24, 2.45) is 0 Å². The molecule has 2 atom stereocenters. The molecule has 2 heterocycles. The Bertz CT molecular complexity index is 334. The van der Waals surface area contributed by atoms with E-state index >= 15 is 0 Å². The number of rotatable bonds is 5. The zero-order valence-corrected chi connectivity index (χ0v) is 11.4. The van der Waals surface area contributed by atoms with Gasteiger partial charge < -0.3 is 15.7 Å². The summed E-state index contributed by atoms with van der Waals surface area (Å²) in [5.74, 6) is -0.0871. The molecule has 108 valence electrons. The summed E-state index contributed by atoms with van der Waals surface area (Å²) < 4.78 is 0. The third-order valence-electron chi connectivity index (χ3n) is 4.01. The van der Waals surface area contributed by atoms with Gasteiger partial charge in [-0.15, -0.1) is 0 Å². The first-order valence-electron chi connectivity index (χ1n) is 7.01. The van der Waals surface area contributed by atoms with Crippen LogP contribution in [0.1, 0.15) is 32.6 Å². The largest absolute Gasteiger partial charge is 0.393 e. The second-order valence-corrected chi connectivity index (χ2v) is 5.52. The van der Waals surface area contributed by atoms with Crippen LogP contribution in [-0.4, -0.2) is 59.6 Å². The maximum absolute atomic E-state index is 11.8. The number of aliphatic hydroxyl groups excluding tert-OH is 1. The van der Waals surface area contributed by atoms with Crippen LogP contribution in [0.25, 0.3) is 0 Å². The minimum Gasteiger partial charge on any atom is -0.393 e. The van der Waals surface area contributed by atoms with Crippen LogP contribution in [0.15, 0.2) is 0 Å².